The average Bonchev–Trinajstić information content (AvgIpc) is 2.49. The minimum absolute atomic E-state index is 0. The maximum Gasteiger partial charge on any atom is 0.0477 e. The largest absolute Gasteiger partial charge is 0.381 e. The maximum atomic E-state index is 5.35. The van der Waals surface area contributed by atoms with Gasteiger partial charge in [-0.3, -0.25) is 0 Å². The summed E-state index contributed by atoms with van der Waals surface area (Å²) in [6.45, 7) is 10.4. The van der Waals surface area contributed by atoms with Gasteiger partial charge in [0.2, 0.25) is 0 Å². The molecule has 0 unspecified atom stereocenters. The summed E-state index contributed by atoms with van der Waals surface area (Å²) < 4.78 is 5.35. The number of unbranched alkanes of at least 4 members (excludes halogenated alkanes) is 1. The Kier molecular flexibility index (Phi) is 13.2. The summed E-state index contributed by atoms with van der Waals surface area (Å²) in [5, 5.41) is 0. The summed E-state index contributed by atoms with van der Waals surface area (Å²) in [7, 11) is 0. The molecule has 0 saturated carbocycles. The molecule has 0 amide bonds. The van der Waals surface area contributed by atoms with E-state index < -0.39 is 0 Å². The van der Waals surface area contributed by atoms with E-state index in [-0.39, 0.29) is 32.7 Å². The zero-order valence-electron chi connectivity index (χ0n) is 14.6. The van der Waals surface area contributed by atoms with Crippen LogP contribution < -0.4 is 0 Å². The van der Waals surface area contributed by atoms with E-state index in [1.807, 2.05) is 6.08 Å². The fourth-order valence-corrected chi connectivity index (χ4v) is 2.07. The molecule has 0 N–H and O–H groups in total. The van der Waals surface area contributed by atoms with Crippen LogP contribution in [0.2, 0.25) is 0 Å². The van der Waals surface area contributed by atoms with E-state index in [2.05, 4.69) is 57.8 Å². The molecule has 0 aromatic rings. The van der Waals surface area contributed by atoms with Crippen LogP contribution in [-0.4, -0.2) is 13.2 Å². The van der Waals surface area contributed by atoms with Crippen LogP contribution in [-0.2, 0) is 37.4 Å². The number of rotatable bonds is 5. The van der Waals surface area contributed by atoms with Crippen molar-refractivity contribution >= 4 is 0 Å². The van der Waals surface area contributed by atoms with Crippen molar-refractivity contribution in [2.24, 2.45) is 11.8 Å². The summed E-state index contributed by atoms with van der Waals surface area (Å²) in [4.78, 5) is 0. The predicted molar refractivity (Wildman–Crippen MR) is 90.7 cm³/mol. The van der Waals surface area contributed by atoms with Crippen LogP contribution in [0.3, 0.4) is 0 Å². The van der Waals surface area contributed by atoms with Crippen molar-refractivity contribution in [3.63, 3.8) is 0 Å². The van der Waals surface area contributed by atoms with Crippen molar-refractivity contribution in [2.45, 2.75) is 53.4 Å². The third kappa shape index (κ3) is 9.78. The van der Waals surface area contributed by atoms with Gasteiger partial charge in [-0.2, -0.15) is 23.8 Å². The summed E-state index contributed by atoms with van der Waals surface area (Å²) in [5.74, 6) is 7.62. The van der Waals surface area contributed by atoms with Gasteiger partial charge in [-0.25, -0.2) is 0 Å². The Balaban J connectivity index is 0.00000441. The molecule has 1 radical (unpaired) electrons. The summed E-state index contributed by atoms with van der Waals surface area (Å²) >= 11 is 0. The van der Waals surface area contributed by atoms with Gasteiger partial charge in [0.1, 0.15) is 0 Å². The van der Waals surface area contributed by atoms with E-state index >= 15 is 0 Å². The molecule has 1 nitrogen and oxygen atoms in total. The van der Waals surface area contributed by atoms with Crippen molar-refractivity contribution in [2.75, 3.05) is 13.2 Å². The van der Waals surface area contributed by atoms with E-state index in [0.29, 0.717) is 11.8 Å². The monoisotopic (exact) mass is 374 g/mol. The molecule has 1 aliphatic heterocycles. The Hall–Kier alpha value is -0.156. The molecule has 1 rings (SSSR count). The number of ether oxygens (including phenoxy) is 1. The minimum Gasteiger partial charge on any atom is -0.381 e. The van der Waals surface area contributed by atoms with Gasteiger partial charge in [0.05, 0.1) is 0 Å². The van der Waals surface area contributed by atoms with Crippen molar-refractivity contribution in [3.8, 4) is 11.8 Å². The Bertz CT molecular complexity index is 440. The smallest absolute Gasteiger partial charge is 0.0477 e. The van der Waals surface area contributed by atoms with Crippen LogP contribution in [0.25, 0.3) is 0 Å². The number of hydrogen-bond acceptors (Lipinski definition) is 1. The quantitative estimate of drug-likeness (QED) is 0.370. The maximum absolute atomic E-state index is 5.35. The Morgan fingerprint density at radius 3 is 2.59 bits per heavy atom. The van der Waals surface area contributed by atoms with Gasteiger partial charge in [-0.1, -0.05) is 39.7 Å². The number of hydrogen-bond donors (Lipinski definition) is 0. The fourth-order valence-electron chi connectivity index (χ4n) is 2.07. The zero-order chi connectivity index (χ0) is 15.5. The molecule has 119 valence electrons. The van der Waals surface area contributed by atoms with Crippen molar-refractivity contribution < 1.29 is 37.4 Å². The van der Waals surface area contributed by atoms with Crippen LogP contribution in [0, 0.1) is 29.8 Å². The molecular weight excluding hydrogens is 345 g/mol. The first-order chi connectivity index (χ1) is 10.1. The Morgan fingerprint density at radius 1 is 1.32 bits per heavy atom. The molecule has 2 heteroatoms. The normalized spacial score (nSPS) is 17.3. The summed E-state index contributed by atoms with van der Waals surface area (Å²) in [5.41, 5.74) is 2.33. The first-order valence-corrected chi connectivity index (χ1v) is 8.19. The van der Waals surface area contributed by atoms with Crippen LogP contribution in [0.5, 0.6) is 0 Å². The molecule has 1 heterocycles. The molecular formula is C20H29OY-. The van der Waals surface area contributed by atoms with E-state index in [9.17, 15) is 0 Å². The summed E-state index contributed by atoms with van der Waals surface area (Å²) in [6.07, 6.45) is 14.3. The molecule has 0 aromatic carbocycles. The average molecular weight is 374 g/mol. The first kappa shape index (κ1) is 21.8. The molecule has 0 aliphatic carbocycles. The molecule has 0 bridgehead atoms. The van der Waals surface area contributed by atoms with Gasteiger partial charge in [-0.15, -0.1) is 17.9 Å². The van der Waals surface area contributed by atoms with Crippen molar-refractivity contribution in [3.05, 3.63) is 35.5 Å². The van der Waals surface area contributed by atoms with Crippen LogP contribution in [0.15, 0.2) is 29.4 Å². The predicted octanol–water partition coefficient (Wildman–Crippen LogP) is 5.10. The van der Waals surface area contributed by atoms with Crippen LogP contribution in [0.1, 0.15) is 53.4 Å². The molecule has 0 aromatic heterocycles. The third-order valence-electron chi connectivity index (χ3n) is 3.52. The topological polar surface area (TPSA) is 9.23 Å². The SMILES string of the molecule is CCC/C=C/C(=[C-]/C=C(\C)C#CC1CCOCC1)C(C)C.[Y]. The molecule has 1 saturated heterocycles. The van der Waals surface area contributed by atoms with E-state index in [1.54, 1.807) is 0 Å². The zero-order valence-corrected chi connectivity index (χ0v) is 17.5. The standard InChI is InChI=1S/C20H29O.Y/c1-5-6-7-8-20(17(2)3)12-10-18(4)9-11-19-13-15-21-16-14-19;/h7-8,10,17,19H,5-6,13-16H2,1-4H3;/q-1;/b8-7+,18-10+;. The molecule has 0 spiro atoms. The van der Waals surface area contributed by atoms with Gasteiger partial charge < -0.3 is 4.74 Å². The van der Waals surface area contributed by atoms with E-state index in [4.69, 9.17) is 4.74 Å². The fraction of sp³-hybridized carbons (Fsp3) is 0.600. The van der Waals surface area contributed by atoms with Gasteiger partial charge in [0, 0.05) is 51.8 Å². The molecule has 1 aliphatic rings. The molecule has 22 heavy (non-hydrogen) atoms. The van der Waals surface area contributed by atoms with Gasteiger partial charge in [0.25, 0.3) is 0 Å². The number of allylic oxidation sites excluding steroid dienone is 6. The van der Waals surface area contributed by atoms with Crippen molar-refractivity contribution in [1.29, 1.82) is 0 Å². The van der Waals surface area contributed by atoms with Gasteiger partial charge in [0.15, 0.2) is 0 Å². The van der Waals surface area contributed by atoms with Crippen LogP contribution >= 0.6 is 0 Å². The van der Waals surface area contributed by atoms with Crippen LogP contribution in [0.4, 0.5) is 0 Å². The second kappa shape index (κ2) is 13.3. The van der Waals surface area contributed by atoms with Gasteiger partial charge >= 0.3 is 0 Å². The Labute approximate surface area is 162 Å². The molecule has 1 fully saturated rings. The van der Waals surface area contributed by atoms with E-state index in [1.165, 1.54) is 12.0 Å². The summed E-state index contributed by atoms with van der Waals surface area (Å²) in [6, 6.07) is 0. The molecule has 0 atom stereocenters. The third-order valence-corrected chi connectivity index (χ3v) is 3.52. The Morgan fingerprint density at radius 2 is 2.00 bits per heavy atom. The minimum atomic E-state index is 0. The van der Waals surface area contributed by atoms with E-state index in [0.717, 1.165) is 38.0 Å². The first-order valence-electron chi connectivity index (χ1n) is 8.19. The van der Waals surface area contributed by atoms with Crippen molar-refractivity contribution in [1.82, 2.24) is 0 Å². The van der Waals surface area contributed by atoms with Gasteiger partial charge in [-0.05, 0) is 25.2 Å². The second-order valence-corrected chi connectivity index (χ2v) is 5.93. The second-order valence-electron chi connectivity index (χ2n) is 5.93.